The summed E-state index contributed by atoms with van der Waals surface area (Å²) in [5, 5.41) is 3.08. The molecule has 0 spiro atoms. The Morgan fingerprint density at radius 2 is 1.81 bits per heavy atom. The number of nitrogens with zero attached hydrogens (tertiary/aromatic N) is 2. The number of amides is 1. The first kappa shape index (κ1) is 19.9. The molecule has 4 nitrogen and oxygen atoms in total. The minimum Gasteiger partial charge on any atom is -0.326 e. The van der Waals surface area contributed by atoms with Gasteiger partial charge >= 0.3 is 0 Å². The number of hydrogen-bond donors (Lipinski definition) is 1. The average Bonchev–Trinajstić information content (AvgIpc) is 2.69. The van der Waals surface area contributed by atoms with Crippen LogP contribution < -0.4 is 5.32 Å². The van der Waals surface area contributed by atoms with E-state index in [2.05, 4.69) is 46.4 Å². The summed E-state index contributed by atoms with van der Waals surface area (Å²) in [6.45, 7) is 7.36. The molecular weight excluding hydrogens is 354 g/mol. The molecule has 1 aliphatic heterocycles. The van der Waals surface area contributed by atoms with Crippen molar-refractivity contribution in [2.75, 3.05) is 44.3 Å². The van der Waals surface area contributed by atoms with Crippen LogP contribution in [0.1, 0.15) is 12.5 Å². The van der Waals surface area contributed by atoms with Crippen molar-refractivity contribution in [2.45, 2.75) is 18.4 Å². The van der Waals surface area contributed by atoms with Crippen LogP contribution in [-0.4, -0.2) is 54.7 Å². The van der Waals surface area contributed by atoms with Crippen LogP contribution in [0, 0.1) is 5.92 Å². The van der Waals surface area contributed by atoms with E-state index in [9.17, 15) is 4.79 Å². The van der Waals surface area contributed by atoms with Gasteiger partial charge in [0.15, 0.2) is 0 Å². The predicted octanol–water partition coefficient (Wildman–Crippen LogP) is 3.80. The summed E-state index contributed by atoms with van der Waals surface area (Å²) in [6, 6.07) is 18.5. The van der Waals surface area contributed by atoms with E-state index in [4.69, 9.17) is 0 Å². The smallest absolute Gasteiger partial charge is 0.228 e. The standard InChI is InChI=1S/C22H29N3OS/c1-18(17-27-21-9-4-3-5-10-21)22(26)23-20-8-6-7-19(15-20)16-25-13-11-24(2)12-14-25/h3-10,15,18H,11-14,16-17H2,1-2H3,(H,23,26). The number of piperazine rings is 1. The van der Waals surface area contributed by atoms with Crippen molar-refractivity contribution in [3.05, 3.63) is 60.2 Å². The first-order valence-corrected chi connectivity index (χ1v) is 10.6. The lowest BCUT2D eigenvalue weighted by Gasteiger charge is -2.32. The zero-order valence-corrected chi connectivity index (χ0v) is 17.0. The lowest BCUT2D eigenvalue weighted by atomic mass is 10.1. The van der Waals surface area contributed by atoms with Crippen LogP contribution in [-0.2, 0) is 11.3 Å². The van der Waals surface area contributed by atoms with Crippen LogP contribution >= 0.6 is 11.8 Å². The molecule has 3 rings (SSSR count). The minimum absolute atomic E-state index is 0.0449. The molecule has 0 aliphatic carbocycles. The van der Waals surface area contributed by atoms with Gasteiger partial charge in [0.05, 0.1) is 0 Å². The number of rotatable bonds is 7. The van der Waals surface area contributed by atoms with Gasteiger partial charge in [-0.3, -0.25) is 9.69 Å². The Morgan fingerprint density at radius 3 is 2.56 bits per heavy atom. The van der Waals surface area contributed by atoms with E-state index in [1.54, 1.807) is 11.8 Å². The van der Waals surface area contributed by atoms with Crippen molar-refractivity contribution in [1.82, 2.24) is 9.80 Å². The maximum absolute atomic E-state index is 12.5. The zero-order chi connectivity index (χ0) is 19.1. The van der Waals surface area contributed by atoms with Gasteiger partial charge in [-0.2, -0.15) is 0 Å². The molecule has 0 bridgehead atoms. The van der Waals surface area contributed by atoms with Gasteiger partial charge in [0.25, 0.3) is 0 Å². The van der Waals surface area contributed by atoms with Crippen molar-refractivity contribution in [3.63, 3.8) is 0 Å². The average molecular weight is 384 g/mol. The van der Waals surface area contributed by atoms with E-state index in [1.807, 2.05) is 37.3 Å². The molecule has 1 unspecified atom stereocenters. The van der Waals surface area contributed by atoms with Crippen LogP contribution in [0.4, 0.5) is 5.69 Å². The van der Waals surface area contributed by atoms with Crippen LogP contribution in [0.15, 0.2) is 59.5 Å². The molecule has 1 N–H and O–H groups in total. The van der Waals surface area contributed by atoms with Gasteiger partial charge in [-0.05, 0) is 36.9 Å². The number of carbonyl (C=O) groups excluding carboxylic acids is 1. The topological polar surface area (TPSA) is 35.6 Å². The summed E-state index contributed by atoms with van der Waals surface area (Å²) in [4.78, 5) is 18.6. The molecular formula is C22H29N3OS. The highest BCUT2D eigenvalue weighted by Crippen LogP contribution is 2.21. The molecule has 27 heavy (non-hydrogen) atoms. The summed E-state index contributed by atoms with van der Waals surface area (Å²) in [7, 11) is 2.17. The van der Waals surface area contributed by atoms with Crippen LogP contribution in [0.25, 0.3) is 0 Å². The molecule has 1 aliphatic rings. The second-order valence-corrected chi connectivity index (χ2v) is 8.39. The Kier molecular flexibility index (Phi) is 7.33. The summed E-state index contributed by atoms with van der Waals surface area (Å²) < 4.78 is 0. The van der Waals surface area contributed by atoms with Crippen molar-refractivity contribution >= 4 is 23.4 Å². The quantitative estimate of drug-likeness (QED) is 0.738. The molecule has 1 heterocycles. The molecule has 0 saturated carbocycles. The van der Waals surface area contributed by atoms with E-state index in [1.165, 1.54) is 10.5 Å². The minimum atomic E-state index is -0.0449. The zero-order valence-electron chi connectivity index (χ0n) is 16.2. The monoisotopic (exact) mass is 383 g/mol. The largest absolute Gasteiger partial charge is 0.326 e. The third-order valence-electron chi connectivity index (χ3n) is 4.89. The van der Waals surface area contributed by atoms with Crippen LogP contribution in [0.5, 0.6) is 0 Å². The number of anilines is 1. The molecule has 0 aromatic heterocycles. The molecule has 1 amide bonds. The van der Waals surface area contributed by atoms with Crippen LogP contribution in [0.2, 0.25) is 0 Å². The van der Waals surface area contributed by atoms with Gasteiger partial charge in [0, 0.05) is 55.0 Å². The van der Waals surface area contributed by atoms with E-state index in [0.717, 1.165) is 44.2 Å². The fraction of sp³-hybridized carbons (Fsp3) is 0.409. The van der Waals surface area contributed by atoms with Crippen molar-refractivity contribution in [1.29, 1.82) is 0 Å². The maximum Gasteiger partial charge on any atom is 0.228 e. The van der Waals surface area contributed by atoms with Crippen molar-refractivity contribution in [2.24, 2.45) is 5.92 Å². The highest BCUT2D eigenvalue weighted by molar-refractivity contribution is 7.99. The summed E-state index contributed by atoms with van der Waals surface area (Å²) in [5.41, 5.74) is 2.15. The molecule has 1 fully saturated rings. The number of carbonyl (C=O) groups is 1. The highest BCUT2D eigenvalue weighted by atomic mass is 32.2. The first-order chi connectivity index (χ1) is 13.1. The molecule has 144 valence electrons. The molecule has 1 atom stereocenters. The first-order valence-electron chi connectivity index (χ1n) is 9.59. The second-order valence-electron chi connectivity index (χ2n) is 7.29. The Labute approximate surface area is 166 Å². The summed E-state index contributed by atoms with van der Waals surface area (Å²) >= 11 is 1.72. The normalized spacial score (nSPS) is 16.8. The maximum atomic E-state index is 12.5. The van der Waals surface area contributed by atoms with E-state index < -0.39 is 0 Å². The van der Waals surface area contributed by atoms with E-state index in [-0.39, 0.29) is 11.8 Å². The third kappa shape index (κ3) is 6.38. The highest BCUT2D eigenvalue weighted by Gasteiger charge is 2.16. The van der Waals surface area contributed by atoms with Crippen molar-refractivity contribution in [3.8, 4) is 0 Å². The fourth-order valence-corrected chi connectivity index (χ4v) is 4.03. The van der Waals surface area contributed by atoms with E-state index in [0.29, 0.717) is 0 Å². The molecule has 5 heteroatoms. The Balaban J connectivity index is 1.50. The Hall–Kier alpha value is -1.82. The van der Waals surface area contributed by atoms with Gasteiger partial charge in [-0.25, -0.2) is 0 Å². The number of likely N-dealkylation sites (N-methyl/N-ethyl adjacent to an activating group) is 1. The number of thioether (sulfide) groups is 1. The Morgan fingerprint density at radius 1 is 1.07 bits per heavy atom. The number of hydrogen-bond acceptors (Lipinski definition) is 4. The predicted molar refractivity (Wildman–Crippen MR) is 114 cm³/mol. The molecule has 1 saturated heterocycles. The lowest BCUT2D eigenvalue weighted by Crippen LogP contribution is -2.43. The number of benzene rings is 2. The van der Waals surface area contributed by atoms with Crippen LogP contribution in [0.3, 0.4) is 0 Å². The lowest BCUT2D eigenvalue weighted by molar-refractivity contribution is -0.118. The third-order valence-corrected chi connectivity index (χ3v) is 6.16. The van der Waals surface area contributed by atoms with Crippen molar-refractivity contribution < 1.29 is 4.79 Å². The summed E-state index contributed by atoms with van der Waals surface area (Å²) in [5.74, 6) is 0.809. The summed E-state index contributed by atoms with van der Waals surface area (Å²) in [6.07, 6.45) is 0. The van der Waals surface area contributed by atoms with Gasteiger partial charge in [-0.15, -0.1) is 11.8 Å². The van der Waals surface area contributed by atoms with Gasteiger partial charge in [0.1, 0.15) is 0 Å². The fourth-order valence-electron chi connectivity index (χ4n) is 3.09. The second kappa shape index (κ2) is 9.93. The SMILES string of the molecule is CC(CSc1ccccc1)C(=O)Nc1cccc(CN2CCN(C)CC2)c1. The molecule has 2 aromatic carbocycles. The Bertz CT molecular complexity index is 729. The molecule has 0 radical (unpaired) electrons. The van der Waals surface area contributed by atoms with Gasteiger partial charge in [-0.1, -0.05) is 37.3 Å². The number of nitrogens with one attached hydrogen (secondary N) is 1. The van der Waals surface area contributed by atoms with Gasteiger partial charge in [0.2, 0.25) is 5.91 Å². The van der Waals surface area contributed by atoms with E-state index >= 15 is 0 Å². The van der Waals surface area contributed by atoms with Gasteiger partial charge < -0.3 is 10.2 Å². The molecule has 2 aromatic rings.